The number of hydrogen-bond donors (Lipinski definition) is 1. The van der Waals surface area contributed by atoms with Gasteiger partial charge in [-0.25, -0.2) is 0 Å². The van der Waals surface area contributed by atoms with Crippen LogP contribution < -0.4 is 14.8 Å². The van der Waals surface area contributed by atoms with Crippen LogP contribution >= 0.6 is 0 Å². The third-order valence-electron chi connectivity index (χ3n) is 2.56. The lowest BCUT2D eigenvalue weighted by atomic mass is 9.96. The maximum atomic E-state index is 12.8. The van der Waals surface area contributed by atoms with E-state index >= 15 is 0 Å². The van der Waals surface area contributed by atoms with E-state index in [2.05, 4.69) is 14.8 Å². The Bertz CT molecular complexity index is 467. The summed E-state index contributed by atoms with van der Waals surface area (Å²) in [5.74, 6) is -0.0885. The van der Waals surface area contributed by atoms with Crippen LogP contribution in [0.2, 0.25) is 0 Å². The molecule has 2 heterocycles. The maximum Gasteiger partial charge on any atom is 0.586 e. The molecule has 4 nitrogen and oxygen atoms in total. The fourth-order valence-corrected chi connectivity index (χ4v) is 1.81. The molecule has 1 aromatic carbocycles. The van der Waals surface area contributed by atoms with Gasteiger partial charge in [0.25, 0.3) is 0 Å². The van der Waals surface area contributed by atoms with Gasteiger partial charge < -0.3 is 14.8 Å². The van der Waals surface area contributed by atoms with Crippen LogP contribution in [-0.4, -0.2) is 12.2 Å². The quantitative estimate of drug-likeness (QED) is 0.741. The predicted octanol–water partition coefficient (Wildman–Crippen LogP) is 1.57. The summed E-state index contributed by atoms with van der Waals surface area (Å²) in [6.45, 7) is 0. The number of β-lactam (4-membered cyclic amide) rings is 1. The minimum atomic E-state index is -3.62. The smallest absolute Gasteiger partial charge is 0.395 e. The average Bonchev–Trinajstić information content (AvgIpc) is 2.46. The van der Waals surface area contributed by atoms with E-state index in [1.165, 1.54) is 6.07 Å². The van der Waals surface area contributed by atoms with Gasteiger partial charge in [-0.3, -0.25) is 4.79 Å². The number of alkyl halides is 2. The van der Waals surface area contributed by atoms with Crippen LogP contribution in [0.5, 0.6) is 11.5 Å². The van der Waals surface area contributed by atoms with Crippen molar-refractivity contribution in [3.8, 4) is 11.5 Å². The van der Waals surface area contributed by atoms with Crippen LogP contribution in [0, 0.1) is 0 Å². The number of amides is 1. The first-order valence-electron chi connectivity index (χ1n) is 4.73. The van der Waals surface area contributed by atoms with Gasteiger partial charge in [0.15, 0.2) is 11.5 Å². The van der Waals surface area contributed by atoms with Gasteiger partial charge in [-0.05, 0) is 6.07 Å². The first-order chi connectivity index (χ1) is 7.55. The highest BCUT2D eigenvalue weighted by Crippen LogP contribution is 2.46. The molecule has 84 valence electrons. The van der Waals surface area contributed by atoms with Gasteiger partial charge in [-0.2, -0.15) is 0 Å². The Kier molecular flexibility index (Phi) is 1.66. The summed E-state index contributed by atoms with van der Waals surface area (Å²) in [4.78, 5) is 10.8. The second kappa shape index (κ2) is 2.84. The van der Waals surface area contributed by atoms with E-state index in [0.717, 1.165) is 0 Å². The molecule has 0 aromatic heterocycles. The van der Waals surface area contributed by atoms with Crippen molar-refractivity contribution >= 4 is 5.91 Å². The number of benzene rings is 1. The van der Waals surface area contributed by atoms with Crippen molar-refractivity contribution in [1.29, 1.82) is 0 Å². The summed E-state index contributed by atoms with van der Waals surface area (Å²) in [6, 6.07) is 4.36. The number of para-hydroxylation sites is 1. The Morgan fingerprint density at radius 2 is 2.12 bits per heavy atom. The molecule has 1 N–H and O–H groups in total. The van der Waals surface area contributed by atoms with Crippen molar-refractivity contribution in [3.05, 3.63) is 23.8 Å². The number of rotatable bonds is 1. The van der Waals surface area contributed by atoms with Gasteiger partial charge in [0.05, 0.1) is 12.5 Å². The Morgan fingerprint density at radius 3 is 2.81 bits per heavy atom. The maximum absolute atomic E-state index is 12.8. The summed E-state index contributed by atoms with van der Waals surface area (Å²) in [7, 11) is 0. The molecule has 1 amide bonds. The summed E-state index contributed by atoms with van der Waals surface area (Å²) < 4.78 is 34.4. The van der Waals surface area contributed by atoms with Crippen LogP contribution in [0.1, 0.15) is 18.0 Å². The minimum Gasteiger partial charge on any atom is -0.395 e. The third kappa shape index (κ3) is 1.30. The van der Waals surface area contributed by atoms with Crippen LogP contribution in [0.3, 0.4) is 0 Å². The number of halogens is 2. The number of nitrogens with one attached hydrogen (secondary N) is 1. The lowest BCUT2D eigenvalue weighted by molar-refractivity contribution is -0.287. The Balaban J connectivity index is 1.97. The molecule has 1 saturated heterocycles. The Morgan fingerprint density at radius 1 is 1.38 bits per heavy atom. The van der Waals surface area contributed by atoms with E-state index in [9.17, 15) is 13.6 Å². The zero-order chi connectivity index (χ0) is 11.3. The summed E-state index contributed by atoms with van der Waals surface area (Å²) >= 11 is 0. The third-order valence-corrected chi connectivity index (χ3v) is 2.56. The first-order valence-corrected chi connectivity index (χ1v) is 4.73. The van der Waals surface area contributed by atoms with Crippen LogP contribution in [-0.2, 0) is 4.79 Å². The van der Waals surface area contributed by atoms with E-state index in [0.29, 0.717) is 5.56 Å². The van der Waals surface area contributed by atoms with Crippen molar-refractivity contribution in [2.75, 3.05) is 0 Å². The van der Waals surface area contributed by atoms with E-state index < -0.39 is 6.29 Å². The molecule has 1 unspecified atom stereocenters. The van der Waals surface area contributed by atoms with Crippen LogP contribution in [0.25, 0.3) is 0 Å². The van der Waals surface area contributed by atoms with Crippen molar-refractivity contribution in [2.45, 2.75) is 18.8 Å². The van der Waals surface area contributed by atoms with Gasteiger partial charge in [0.1, 0.15) is 0 Å². The zero-order valence-corrected chi connectivity index (χ0v) is 8.00. The molecule has 0 bridgehead atoms. The average molecular weight is 227 g/mol. The molecule has 6 heteroatoms. The summed E-state index contributed by atoms with van der Waals surface area (Å²) in [5, 5.41) is 2.60. The molecule has 3 rings (SSSR count). The summed E-state index contributed by atoms with van der Waals surface area (Å²) in [6.07, 6.45) is -3.34. The van der Waals surface area contributed by atoms with Gasteiger partial charge in [-0.1, -0.05) is 12.1 Å². The molecule has 1 atom stereocenters. The largest absolute Gasteiger partial charge is 0.586 e. The van der Waals surface area contributed by atoms with Crippen molar-refractivity contribution in [1.82, 2.24) is 5.32 Å². The summed E-state index contributed by atoms with van der Waals surface area (Å²) in [5.41, 5.74) is 0.522. The van der Waals surface area contributed by atoms with Crippen molar-refractivity contribution in [2.24, 2.45) is 0 Å². The highest BCUT2D eigenvalue weighted by atomic mass is 19.3. The van der Waals surface area contributed by atoms with Crippen LogP contribution in [0.4, 0.5) is 8.78 Å². The molecule has 16 heavy (non-hydrogen) atoms. The molecule has 1 aromatic rings. The fraction of sp³-hybridized carbons (Fsp3) is 0.300. The second-order valence-corrected chi connectivity index (χ2v) is 3.67. The fourth-order valence-electron chi connectivity index (χ4n) is 1.81. The predicted molar refractivity (Wildman–Crippen MR) is 48.1 cm³/mol. The SMILES string of the molecule is O=C1CC(c2cccc3c2OC(F)(F)O3)N1. The molecule has 2 aliphatic heterocycles. The zero-order valence-electron chi connectivity index (χ0n) is 8.00. The molecular formula is C10H7F2NO3. The molecule has 0 radical (unpaired) electrons. The van der Waals surface area contributed by atoms with E-state index in [1.807, 2.05) is 0 Å². The number of hydrogen-bond acceptors (Lipinski definition) is 3. The molecule has 2 aliphatic rings. The molecular weight excluding hydrogens is 220 g/mol. The number of carbonyl (C=O) groups excluding carboxylic acids is 1. The van der Waals surface area contributed by atoms with Gasteiger partial charge in [0.2, 0.25) is 5.91 Å². The molecule has 0 saturated carbocycles. The highest BCUT2D eigenvalue weighted by Gasteiger charge is 2.46. The highest BCUT2D eigenvalue weighted by molar-refractivity contribution is 5.83. The number of ether oxygens (including phenoxy) is 2. The van der Waals surface area contributed by atoms with Gasteiger partial charge in [-0.15, -0.1) is 8.78 Å². The van der Waals surface area contributed by atoms with Crippen LogP contribution in [0.15, 0.2) is 18.2 Å². The molecule has 0 aliphatic carbocycles. The monoisotopic (exact) mass is 227 g/mol. The van der Waals surface area contributed by atoms with Crippen molar-refractivity contribution in [3.63, 3.8) is 0 Å². The first kappa shape index (κ1) is 9.38. The van der Waals surface area contributed by atoms with E-state index in [1.54, 1.807) is 12.1 Å². The van der Waals surface area contributed by atoms with Gasteiger partial charge in [0, 0.05) is 5.56 Å². The second-order valence-electron chi connectivity index (χ2n) is 3.67. The van der Waals surface area contributed by atoms with E-state index in [-0.39, 0.29) is 29.9 Å². The van der Waals surface area contributed by atoms with Crippen molar-refractivity contribution < 1.29 is 23.0 Å². The normalized spacial score (nSPS) is 24.9. The molecule has 0 spiro atoms. The standard InChI is InChI=1S/C10H7F2NO3/c11-10(12)15-7-3-1-2-5(9(7)16-10)6-4-8(14)13-6/h1-3,6H,4H2,(H,13,14). The Hall–Kier alpha value is -1.85. The lowest BCUT2D eigenvalue weighted by Crippen LogP contribution is -2.41. The Labute approximate surface area is 89.1 Å². The van der Waals surface area contributed by atoms with E-state index in [4.69, 9.17) is 0 Å². The lowest BCUT2D eigenvalue weighted by Gasteiger charge is -2.27. The van der Waals surface area contributed by atoms with Gasteiger partial charge >= 0.3 is 6.29 Å². The number of fused-ring (bicyclic) bond motifs is 1. The molecule has 1 fully saturated rings. The minimum absolute atomic E-state index is 0.00338. The number of carbonyl (C=O) groups is 1. The topological polar surface area (TPSA) is 47.6 Å².